The van der Waals surface area contributed by atoms with Crippen molar-refractivity contribution < 1.29 is 8.78 Å². The molecule has 0 spiro atoms. The topological polar surface area (TPSA) is 0 Å². The predicted octanol–water partition coefficient (Wildman–Crippen LogP) is 8.24. The minimum Gasteiger partial charge on any atom is -0.211 e. The van der Waals surface area contributed by atoms with Gasteiger partial charge in [-0.25, -0.2) is 8.78 Å². The summed E-state index contributed by atoms with van der Waals surface area (Å²) in [6, 6.07) is 23.3. The average Bonchev–Trinajstić information content (AvgIpc) is 2.86. The van der Waals surface area contributed by atoms with Gasteiger partial charge in [-0.3, -0.25) is 0 Å². The molecule has 0 radical (unpaired) electrons. The van der Waals surface area contributed by atoms with E-state index in [0.29, 0.717) is 0 Å². The summed E-state index contributed by atoms with van der Waals surface area (Å²) in [4.78, 5) is 0. The molecular formula is C32H28F2. The van der Waals surface area contributed by atoms with Crippen molar-refractivity contribution in [2.75, 3.05) is 0 Å². The molecule has 0 bridgehead atoms. The van der Waals surface area contributed by atoms with Gasteiger partial charge in [0.2, 0.25) is 0 Å². The Hall–Kier alpha value is -3.52. The lowest BCUT2D eigenvalue weighted by molar-refractivity contribution is 0.521. The molecule has 1 aliphatic rings. The van der Waals surface area contributed by atoms with Crippen LogP contribution < -0.4 is 10.4 Å². The zero-order valence-corrected chi connectivity index (χ0v) is 19.8. The monoisotopic (exact) mass is 450 g/mol. The molecule has 170 valence electrons. The number of rotatable bonds is 3. The van der Waals surface area contributed by atoms with Crippen molar-refractivity contribution in [1.29, 1.82) is 0 Å². The second-order valence-corrected chi connectivity index (χ2v) is 8.98. The van der Waals surface area contributed by atoms with Gasteiger partial charge in [-0.2, -0.15) is 0 Å². The molecule has 1 unspecified atom stereocenters. The molecule has 0 N–H and O–H groups in total. The van der Waals surface area contributed by atoms with Crippen LogP contribution >= 0.6 is 0 Å². The van der Waals surface area contributed by atoms with Gasteiger partial charge in [0.25, 0.3) is 0 Å². The van der Waals surface area contributed by atoms with Crippen molar-refractivity contribution in [3.05, 3.63) is 106 Å². The van der Waals surface area contributed by atoms with E-state index in [0.717, 1.165) is 38.8 Å². The minimum absolute atomic E-state index is 0.121. The van der Waals surface area contributed by atoms with Crippen LogP contribution in [0.2, 0.25) is 0 Å². The molecule has 0 aromatic heterocycles. The lowest BCUT2D eigenvalue weighted by Crippen LogP contribution is -2.32. The quantitative estimate of drug-likeness (QED) is 0.295. The first kappa shape index (κ1) is 22.3. The van der Waals surface area contributed by atoms with Crippen LogP contribution in [-0.4, -0.2) is 0 Å². The van der Waals surface area contributed by atoms with E-state index in [1.165, 1.54) is 23.3 Å². The molecule has 0 nitrogen and oxygen atoms in total. The molecule has 1 atom stereocenters. The first-order valence-corrected chi connectivity index (χ1v) is 12.0. The Kier molecular flexibility index (Phi) is 5.91. The zero-order valence-electron chi connectivity index (χ0n) is 19.8. The van der Waals surface area contributed by atoms with E-state index >= 15 is 0 Å². The SMILES string of the molecule is C/C=c1/c(C2C=C(F)C(C)=C(F)C2)c2ccccc2c(-c2ccc3ccccc3c2)/c1=C/CC. The van der Waals surface area contributed by atoms with E-state index < -0.39 is 5.83 Å². The number of hydrogen-bond donors (Lipinski definition) is 0. The van der Waals surface area contributed by atoms with Crippen LogP contribution in [0, 0.1) is 0 Å². The molecule has 5 rings (SSSR count). The highest BCUT2D eigenvalue weighted by Gasteiger charge is 2.25. The standard InChI is InChI=1S/C32H28F2/c1-4-10-26-25(5-2)32(24-18-29(33)20(3)30(34)19-24)28-14-9-8-13-27(28)31(26)23-16-15-21-11-6-7-12-22(21)17-23/h5-18,24H,4,19H2,1-3H3/b25-5+,26-10+. The largest absolute Gasteiger partial charge is 0.211 e. The van der Waals surface area contributed by atoms with Gasteiger partial charge in [0.15, 0.2) is 0 Å². The number of benzene rings is 4. The van der Waals surface area contributed by atoms with Crippen LogP contribution in [0.25, 0.3) is 44.8 Å². The molecule has 0 saturated heterocycles. The van der Waals surface area contributed by atoms with E-state index in [1.807, 2.05) is 19.1 Å². The van der Waals surface area contributed by atoms with Gasteiger partial charge in [-0.15, -0.1) is 0 Å². The van der Waals surface area contributed by atoms with E-state index in [-0.39, 0.29) is 23.7 Å². The Balaban J connectivity index is 1.90. The van der Waals surface area contributed by atoms with Crippen LogP contribution in [0.15, 0.2) is 90.0 Å². The summed E-state index contributed by atoms with van der Waals surface area (Å²) in [6.07, 6.45) is 6.99. The summed E-state index contributed by atoms with van der Waals surface area (Å²) < 4.78 is 29.4. The number of hydrogen-bond acceptors (Lipinski definition) is 0. The molecule has 2 heteroatoms. The van der Waals surface area contributed by atoms with Gasteiger partial charge in [0.1, 0.15) is 11.7 Å². The van der Waals surface area contributed by atoms with Gasteiger partial charge in [-0.05, 0) is 81.1 Å². The maximum Gasteiger partial charge on any atom is 0.125 e. The lowest BCUT2D eigenvalue weighted by Gasteiger charge is -2.23. The molecule has 4 aromatic carbocycles. The third-order valence-corrected chi connectivity index (χ3v) is 6.95. The Morgan fingerprint density at radius 1 is 0.882 bits per heavy atom. The molecule has 0 aliphatic heterocycles. The molecule has 0 amide bonds. The fraction of sp³-hybridized carbons (Fsp3) is 0.188. The fourth-order valence-electron chi connectivity index (χ4n) is 5.31. The Morgan fingerprint density at radius 2 is 1.59 bits per heavy atom. The average molecular weight is 451 g/mol. The normalized spacial score (nSPS) is 17.7. The van der Waals surface area contributed by atoms with Gasteiger partial charge < -0.3 is 0 Å². The molecular weight excluding hydrogens is 422 g/mol. The minimum atomic E-state index is -0.459. The first-order valence-electron chi connectivity index (χ1n) is 12.0. The smallest absolute Gasteiger partial charge is 0.125 e. The third-order valence-electron chi connectivity index (χ3n) is 6.95. The zero-order chi connectivity index (χ0) is 23.8. The van der Waals surface area contributed by atoms with Crippen LogP contribution in [0.3, 0.4) is 0 Å². The molecule has 4 aromatic rings. The van der Waals surface area contributed by atoms with Crippen LogP contribution in [0.4, 0.5) is 8.78 Å². The van der Waals surface area contributed by atoms with Crippen molar-refractivity contribution in [3.63, 3.8) is 0 Å². The maximum atomic E-state index is 14.7. The summed E-state index contributed by atoms with van der Waals surface area (Å²) in [5.41, 5.74) is 3.44. The van der Waals surface area contributed by atoms with Crippen LogP contribution in [-0.2, 0) is 0 Å². The third kappa shape index (κ3) is 3.68. The summed E-state index contributed by atoms with van der Waals surface area (Å²) in [5, 5.41) is 6.75. The molecule has 0 fully saturated rings. The van der Waals surface area contributed by atoms with Crippen molar-refractivity contribution in [2.24, 2.45) is 0 Å². The van der Waals surface area contributed by atoms with Crippen molar-refractivity contribution in [1.82, 2.24) is 0 Å². The van der Waals surface area contributed by atoms with Gasteiger partial charge in [0.05, 0.1) is 0 Å². The Morgan fingerprint density at radius 3 is 2.29 bits per heavy atom. The number of halogens is 2. The van der Waals surface area contributed by atoms with E-state index in [4.69, 9.17) is 0 Å². The summed E-state index contributed by atoms with van der Waals surface area (Å²) in [5.74, 6) is -1.18. The first-order chi connectivity index (χ1) is 16.5. The summed E-state index contributed by atoms with van der Waals surface area (Å²) >= 11 is 0. The van der Waals surface area contributed by atoms with Gasteiger partial charge in [-0.1, -0.05) is 79.7 Å². The fourth-order valence-corrected chi connectivity index (χ4v) is 5.31. The van der Waals surface area contributed by atoms with Gasteiger partial charge in [0, 0.05) is 17.9 Å². The summed E-state index contributed by atoms with van der Waals surface area (Å²) in [6.45, 7) is 5.66. The van der Waals surface area contributed by atoms with Crippen molar-refractivity contribution in [3.8, 4) is 11.1 Å². The molecule has 0 heterocycles. The van der Waals surface area contributed by atoms with Crippen LogP contribution in [0.1, 0.15) is 45.1 Å². The summed E-state index contributed by atoms with van der Waals surface area (Å²) in [7, 11) is 0. The highest BCUT2D eigenvalue weighted by Crippen LogP contribution is 2.38. The maximum absolute atomic E-state index is 14.7. The van der Waals surface area contributed by atoms with Crippen LogP contribution in [0.5, 0.6) is 0 Å². The van der Waals surface area contributed by atoms with E-state index in [1.54, 1.807) is 6.08 Å². The number of fused-ring (bicyclic) bond motifs is 2. The Bertz CT molecular complexity index is 1600. The molecule has 1 aliphatic carbocycles. The van der Waals surface area contributed by atoms with Crippen molar-refractivity contribution in [2.45, 2.75) is 39.5 Å². The number of allylic oxidation sites excluding steroid dienone is 4. The second kappa shape index (κ2) is 9.02. The molecule has 34 heavy (non-hydrogen) atoms. The lowest BCUT2D eigenvalue weighted by atomic mass is 9.81. The van der Waals surface area contributed by atoms with E-state index in [2.05, 4.69) is 73.7 Å². The van der Waals surface area contributed by atoms with E-state index in [9.17, 15) is 8.78 Å². The Labute approximate surface area is 199 Å². The highest BCUT2D eigenvalue weighted by molar-refractivity contribution is 6.01. The van der Waals surface area contributed by atoms with Gasteiger partial charge >= 0.3 is 0 Å². The highest BCUT2D eigenvalue weighted by atomic mass is 19.1. The molecule has 0 saturated carbocycles. The van der Waals surface area contributed by atoms with Crippen molar-refractivity contribution >= 4 is 33.7 Å². The second-order valence-electron chi connectivity index (χ2n) is 8.98. The predicted molar refractivity (Wildman–Crippen MR) is 141 cm³/mol.